The monoisotopic (exact) mass is 458 g/mol. The van der Waals surface area contributed by atoms with Crippen LogP contribution in [0.4, 0.5) is 20.2 Å². The van der Waals surface area contributed by atoms with Gasteiger partial charge in [0.05, 0.1) is 23.5 Å². The Kier molecular flexibility index (Phi) is 5.53. The van der Waals surface area contributed by atoms with E-state index < -0.39 is 17.5 Å². The zero-order valence-electron chi connectivity index (χ0n) is 13.5. The molecule has 0 aliphatic heterocycles. The number of nitrogens with one attached hydrogen (secondary N) is 2. The van der Waals surface area contributed by atoms with Gasteiger partial charge in [-0.15, -0.1) is 0 Å². The normalized spacial score (nSPS) is 13.6. The molecule has 0 atom stereocenters. The van der Waals surface area contributed by atoms with Gasteiger partial charge < -0.3 is 5.32 Å². The quantitative estimate of drug-likeness (QED) is 0.488. The molecule has 0 heterocycles. The first kappa shape index (κ1) is 18.1. The van der Waals surface area contributed by atoms with Crippen LogP contribution in [0.25, 0.3) is 0 Å². The van der Waals surface area contributed by atoms with Crippen molar-refractivity contribution in [1.29, 1.82) is 0 Å². The second kappa shape index (κ2) is 7.65. The number of hydroxylamine groups is 1. The molecule has 0 spiro atoms. The van der Waals surface area contributed by atoms with Crippen molar-refractivity contribution in [2.24, 2.45) is 5.92 Å². The minimum absolute atomic E-state index is 0.0526. The van der Waals surface area contributed by atoms with Crippen LogP contribution in [-0.4, -0.2) is 12.5 Å². The van der Waals surface area contributed by atoms with E-state index in [-0.39, 0.29) is 16.9 Å². The Morgan fingerprint density at radius 1 is 1.28 bits per heavy atom. The molecule has 25 heavy (non-hydrogen) atoms. The minimum atomic E-state index is -0.604. The van der Waals surface area contributed by atoms with Gasteiger partial charge in [-0.2, -0.15) is 0 Å². The lowest BCUT2D eigenvalue weighted by Crippen LogP contribution is -2.26. The second-order valence-corrected chi connectivity index (χ2v) is 7.30. The molecular formula is C18H17F2IN2O2. The predicted molar refractivity (Wildman–Crippen MR) is 99.7 cm³/mol. The number of halogens is 3. The van der Waals surface area contributed by atoms with E-state index in [1.165, 1.54) is 24.3 Å². The third-order valence-corrected chi connectivity index (χ3v) is 4.62. The van der Waals surface area contributed by atoms with Gasteiger partial charge in [-0.3, -0.25) is 9.63 Å². The Morgan fingerprint density at radius 3 is 2.72 bits per heavy atom. The van der Waals surface area contributed by atoms with Gasteiger partial charge in [-0.05, 0) is 78.1 Å². The van der Waals surface area contributed by atoms with Crippen molar-refractivity contribution in [3.63, 3.8) is 0 Å². The number of amides is 1. The standard InChI is InChI=1S/C18H17F2IN2O2/c1-10-2-6-13(18(24)23-25-9-11-3-4-11)17(16(10)20)22-15-7-5-12(21)8-14(15)19/h2,5-8,11,22H,3-4,9H2,1H3,(H,23,24). The lowest BCUT2D eigenvalue weighted by atomic mass is 10.1. The predicted octanol–water partition coefficient (Wildman–Crippen LogP) is 4.69. The fourth-order valence-electron chi connectivity index (χ4n) is 2.28. The number of benzene rings is 2. The van der Waals surface area contributed by atoms with Crippen LogP contribution in [0.15, 0.2) is 30.3 Å². The van der Waals surface area contributed by atoms with Gasteiger partial charge in [0.25, 0.3) is 5.91 Å². The number of carbonyl (C=O) groups is 1. The number of anilines is 2. The zero-order valence-corrected chi connectivity index (χ0v) is 15.7. The fourth-order valence-corrected chi connectivity index (χ4v) is 2.73. The number of rotatable bonds is 6. The highest BCUT2D eigenvalue weighted by Crippen LogP contribution is 2.30. The van der Waals surface area contributed by atoms with Gasteiger partial charge >= 0.3 is 0 Å². The second-order valence-electron chi connectivity index (χ2n) is 6.05. The molecule has 0 radical (unpaired) electrons. The van der Waals surface area contributed by atoms with Crippen molar-refractivity contribution in [2.45, 2.75) is 19.8 Å². The molecule has 1 aliphatic carbocycles. The number of hydrogen-bond donors (Lipinski definition) is 2. The molecular weight excluding hydrogens is 441 g/mol. The van der Waals surface area contributed by atoms with Crippen LogP contribution in [0.2, 0.25) is 0 Å². The lowest BCUT2D eigenvalue weighted by Gasteiger charge is -2.15. The highest BCUT2D eigenvalue weighted by Gasteiger charge is 2.23. The van der Waals surface area contributed by atoms with Crippen LogP contribution in [0.3, 0.4) is 0 Å². The van der Waals surface area contributed by atoms with Crippen LogP contribution < -0.4 is 10.8 Å². The van der Waals surface area contributed by atoms with Crippen molar-refractivity contribution >= 4 is 39.9 Å². The molecule has 0 saturated heterocycles. The van der Waals surface area contributed by atoms with Crippen molar-refractivity contribution in [3.05, 3.63) is 56.7 Å². The van der Waals surface area contributed by atoms with Crippen molar-refractivity contribution < 1.29 is 18.4 Å². The molecule has 0 bridgehead atoms. The first-order chi connectivity index (χ1) is 12.0. The van der Waals surface area contributed by atoms with Crippen LogP contribution in [0.1, 0.15) is 28.8 Å². The highest BCUT2D eigenvalue weighted by molar-refractivity contribution is 14.1. The summed E-state index contributed by atoms with van der Waals surface area (Å²) in [7, 11) is 0. The molecule has 1 fully saturated rings. The maximum atomic E-state index is 14.6. The molecule has 2 aromatic carbocycles. The average molecular weight is 458 g/mol. The van der Waals surface area contributed by atoms with E-state index in [4.69, 9.17) is 4.84 Å². The largest absolute Gasteiger partial charge is 0.350 e. The Labute approximate surface area is 158 Å². The van der Waals surface area contributed by atoms with Gasteiger partial charge in [0.1, 0.15) is 11.6 Å². The molecule has 132 valence electrons. The summed E-state index contributed by atoms with van der Waals surface area (Å²) in [5, 5.41) is 2.70. The Hall–Kier alpha value is -1.74. The van der Waals surface area contributed by atoms with Gasteiger partial charge in [0.2, 0.25) is 0 Å². The summed E-state index contributed by atoms with van der Waals surface area (Å²) in [6.07, 6.45) is 2.18. The van der Waals surface area contributed by atoms with Gasteiger partial charge in [0.15, 0.2) is 0 Å². The topological polar surface area (TPSA) is 50.4 Å². The summed E-state index contributed by atoms with van der Waals surface area (Å²) in [5.74, 6) is -1.22. The van der Waals surface area contributed by atoms with Crippen LogP contribution in [-0.2, 0) is 4.84 Å². The first-order valence-electron chi connectivity index (χ1n) is 7.89. The van der Waals surface area contributed by atoms with E-state index in [0.29, 0.717) is 18.1 Å². The van der Waals surface area contributed by atoms with E-state index in [1.54, 1.807) is 13.0 Å². The van der Waals surface area contributed by atoms with Crippen LogP contribution >= 0.6 is 22.6 Å². The van der Waals surface area contributed by atoms with Crippen molar-refractivity contribution in [1.82, 2.24) is 5.48 Å². The van der Waals surface area contributed by atoms with Crippen molar-refractivity contribution in [2.75, 3.05) is 11.9 Å². The molecule has 1 saturated carbocycles. The molecule has 2 aromatic rings. The Balaban J connectivity index is 1.85. The smallest absolute Gasteiger partial charge is 0.277 e. The third kappa shape index (κ3) is 4.46. The maximum Gasteiger partial charge on any atom is 0.277 e. The van der Waals surface area contributed by atoms with E-state index in [0.717, 1.165) is 16.4 Å². The number of hydrogen-bond acceptors (Lipinski definition) is 3. The average Bonchev–Trinajstić information content (AvgIpc) is 3.38. The van der Waals surface area contributed by atoms with E-state index in [1.807, 2.05) is 22.6 Å². The summed E-state index contributed by atoms with van der Waals surface area (Å²) in [4.78, 5) is 17.5. The number of carbonyl (C=O) groups excluding carboxylic acids is 1. The molecule has 0 unspecified atom stereocenters. The summed E-state index contributed by atoms with van der Waals surface area (Å²) < 4.78 is 29.4. The van der Waals surface area contributed by atoms with Gasteiger partial charge in [-0.1, -0.05) is 6.07 Å². The van der Waals surface area contributed by atoms with Crippen LogP contribution in [0.5, 0.6) is 0 Å². The zero-order chi connectivity index (χ0) is 18.0. The third-order valence-electron chi connectivity index (χ3n) is 3.95. The molecule has 7 heteroatoms. The number of aryl methyl sites for hydroxylation is 1. The molecule has 4 nitrogen and oxygen atoms in total. The van der Waals surface area contributed by atoms with Crippen molar-refractivity contribution in [3.8, 4) is 0 Å². The van der Waals surface area contributed by atoms with Crippen LogP contribution in [0, 0.1) is 28.0 Å². The Bertz CT molecular complexity index is 810. The lowest BCUT2D eigenvalue weighted by molar-refractivity contribution is 0.0271. The summed E-state index contributed by atoms with van der Waals surface area (Å²) >= 11 is 1.99. The first-order valence-corrected chi connectivity index (χ1v) is 8.97. The Morgan fingerprint density at radius 2 is 2.04 bits per heavy atom. The fraction of sp³-hybridized carbons (Fsp3) is 0.278. The van der Waals surface area contributed by atoms with Gasteiger partial charge in [0, 0.05) is 3.57 Å². The summed E-state index contributed by atoms with van der Waals surface area (Å²) in [6.45, 7) is 2.02. The van der Waals surface area contributed by atoms with E-state index in [2.05, 4.69) is 10.8 Å². The SMILES string of the molecule is Cc1ccc(C(=O)NOCC2CC2)c(Nc2ccc(I)cc2F)c1F. The van der Waals surface area contributed by atoms with E-state index >= 15 is 0 Å². The summed E-state index contributed by atoms with van der Waals surface area (Å²) in [6, 6.07) is 7.51. The molecule has 3 rings (SSSR count). The van der Waals surface area contributed by atoms with E-state index in [9.17, 15) is 13.6 Å². The molecule has 1 aliphatic rings. The molecule has 0 aromatic heterocycles. The highest BCUT2D eigenvalue weighted by atomic mass is 127. The molecule has 2 N–H and O–H groups in total. The summed E-state index contributed by atoms with van der Waals surface area (Å²) in [5.41, 5.74) is 2.75. The maximum absolute atomic E-state index is 14.6. The molecule has 1 amide bonds. The minimum Gasteiger partial charge on any atom is -0.350 e. The van der Waals surface area contributed by atoms with Gasteiger partial charge in [-0.25, -0.2) is 14.3 Å².